The minimum atomic E-state index is -1.46. The second kappa shape index (κ2) is 16.4. The standard InChI is InChI=1S/C22H44O7/c1-2-3-4-5-6-7-8-9-10-11-12-13-14-17(24)16-28-22-21(27)20(26)19(25)18(15-23)29-22/h17-27H,2-16H2,1H3/t17?,18-,19-,20+,21-,22?/m1/s1. The Morgan fingerprint density at radius 1 is 0.759 bits per heavy atom. The van der Waals surface area contributed by atoms with E-state index < -0.39 is 43.4 Å². The number of ether oxygens (including phenoxy) is 2. The lowest BCUT2D eigenvalue weighted by molar-refractivity contribution is -0.304. The van der Waals surface area contributed by atoms with Gasteiger partial charge in [0.15, 0.2) is 6.29 Å². The van der Waals surface area contributed by atoms with Crippen LogP contribution in [0.4, 0.5) is 0 Å². The fourth-order valence-electron chi connectivity index (χ4n) is 3.72. The largest absolute Gasteiger partial charge is 0.394 e. The maximum Gasteiger partial charge on any atom is 0.186 e. The molecule has 2 unspecified atom stereocenters. The summed E-state index contributed by atoms with van der Waals surface area (Å²) < 4.78 is 10.6. The third-order valence-corrected chi connectivity index (χ3v) is 5.69. The van der Waals surface area contributed by atoms with Gasteiger partial charge >= 0.3 is 0 Å². The van der Waals surface area contributed by atoms with Crippen molar-refractivity contribution < 1.29 is 35.0 Å². The van der Waals surface area contributed by atoms with Gasteiger partial charge in [0, 0.05) is 0 Å². The first kappa shape index (κ1) is 26.8. The second-order valence-electron chi connectivity index (χ2n) is 8.36. The maximum absolute atomic E-state index is 10.0. The van der Waals surface area contributed by atoms with Crippen LogP contribution in [-0.4, -0.2) is 75.6 Å². The Hall–Kier alpha value is -0.280. The summed E-state index contributed by atoms with van der Waals surface area (Å²) in [7, 11) is 0. The number of unbranched alkanes of at least 4 members (excludes halogenated alkanes) is 11. The minimum Gasteiger partial charge on any atom is -0.394 e. The topological polar surface area (TPSA) is 120 Å². The van der Waals surface area contributed by atoms with Crippen LogP contribution in [0.25, 0.3) is 0 Å². The molecule has 1 fully saturated rings. The highest BCUT2D eigenvalue weighted by Crippen LogP contribution is 2.22. The highest BCUT2D eigenvalue weighted by molar-refractivity contribution is 4.88. The van der Waals surface area contributed by atoms with E-state index in [0.717, 1.165) is 12.8 Å². The van der Waals surface area contributed by atoms with Crippen molar-refractivity contribution in [2.45, 2.75) is 127 Å². The molecule has 7 nitrogen and oxygen atoms in total. The van der Waals surface area contributed by atoms with Crippen molar-refractivity contribution in [2.24, 2.45) is 0 Å². The fraction of sp³-hybridized carbons (Fsp3) is 1.00. The van der Waals surface area contributed by atoms with E-state index in [-0.39, 0.29) is 6.61 Å². The first-order valence-electron chi connectivity index (χ1n) is 11.6. The first-order chi connectivity index (χ1) is 14.0. The maximum atomic E-state index is 10.0. The van der Waals surface area contributed by atoms with Crippen LogP contribution in [0.5, 0.6) is 0 Å². The average Bonchev–Trinajstić information content (AvgIpc) is 2.72. The molecule has 0 aromatic heterocycles. The van der Waals surface area contributed by atoms with Crippen LogP contribution in [0, 0.1) is 0 Å². The zero-order valence-corrected chi connectivity index (χ0v) is 18.1. The summed E-state index contributed by atoms with van der Waals surface area (Å²) in [5, 5.41) is 48.6. The molecule has 29 heavy (non-hydrogen) atoms. The molecule has 0 amide bonds. The molecule has 6 atom stereocenters. The predicted octanol–water partition coefficient (Wildman–Crippen LogP) is 2.25. The van der Waals surface area contributed by atoms with Gasteiger partial charge in [-0.15, -0.1) is 0 Å². The van der Waals surface area contributed by atoms with Crippen molar-refractivity contribution in [3.05, 3.63) is 0 Å². The molecule has 0 aromatic rings. The van der Waals surface area contributed by atoms with E-state index in [4.69, 9.17) is 14.6 Å². The number of aliphatic hydroxyl groups excluding tert-OH is 5. The van der Waals surface area contributed by atoms with E-state index in [1.54, 1.807) is 0 Å². The molecular formula is C22H44O7. The van der Waals surface area contributed by atoms with E-state index in [1.165, 1.54) is 64.2 Å². The van der Waals surface area contributed by atoms with Crippen LogP contribution < -0.4 is 0 Å². The minimum absolute atomic E-state index is 0.0271. The van der Waals surface area contributed by atoms with Crippen molar-refractivity contribution >= 4 is 0 Å². The van der Waals surface area contributed by atoms with Crippen molar-refractivity contribution in [2.75, 3.05) is 13.2 Å². The van der Waals surface area contributed by atoms with Crippen LogP contribution in [0.15, 0.2) is 0 Å². The summed E-state index contributed by atoms with van der Waals surface area (Å²) >= 11 is 0. The average molecular weight is 421 g/mol. The molecule has 0 aromatic carbocycles. The lowest BCUT2D eigenvalue weighted by Crippen LogP contribution is -2.59. The lowest BCUT2D eigenvalue weighted by Gasteiger charge is -2.39. The Bertz CT molecular complexity index is 380. The molecule has 5 N–H and O–H groups in total. The van der Waals surface area contributed by atoms with Gasteiger partial charge in [-0.3, -0.25) is 0 Å². The molecule has 7 heteroatoms. The van der Waals surface area contributed by atoms with Crippen LogP contribution in [-0.2, 0) is 9.47 Å². The SMILES string of the molecule is CCCCCCCCCCCCCCC(O)COC1O[C@H](CO)[C@@H](O)[C@H](O)[C@H]1O. The fourth-order valence-corrected chi connectivity index (χ4v) is 3.72. The highest BCUT2D eigenvalue weighted by Gasteiger charge is 2.44. The summed E-state index contributed by atoms with van der Waals surface area (Å²) in [4.78, 5) is 0. The van der Waals surface area contributed by atoms with Crippen molar-refractivity contribution in [3.63, 3.8) is 0 Å². The van der Waals surface area contributed by atoms with E-state index >= 15 is 0 Å². The summed E-state index contributed by atoms with van der Waals surface area (Å²) in [5.41, 5.74) is 0. The molecule has 1 rings (SSSR count). The van der Waals surface area contributed by atoms with Gasteiger partial charge in [-0.25, -0.2) is 0 Å². The molecule has 0 saturated carbocycles. The Balaban J connectivity index is 1.99. The quantitative estimate of drug-likeness (QED) is 0.229. The first-order valence-corrected chi connectivity index (χ1v) is 11.6. The van der Waals surface area contributed by atoms with Crippen LogP contribution in [0.3, 0.4) is 0 Å². The summed E-state index contributed by atoms with van der Waals surface area (Å²) in [6, 6.07) is 0. The number of rotatable bonds is 17. The van der Waals surface area contributed by atoms with Gasteiger partial charge in [0.1, 0.15) is 24.4 Å². The molecule has 0 spiro atoms. The van der Waals surface area contributed by atoms with Gasteiger partial charge in [-0.2, -0.15) is 0 Å². The summed E-state index contributed by atoms with van der Waals surface area (Å²) in [6.45, 7) is 1.72. The molecule has 0 radical (unpaired) electrons. The molecule has 1 aliphatic heterocycles. The van der Waals surface area contributed by atoms with Gasteiger partial charge in [0.25, 0.3) is 0 Å². The Morgan fingerprint density at radius 3 is 1.79 bits per heavy atom. The Kier molecular flexibility index (Phi) is 15.1. The Morgan fingerprint density at radius 2 is 1.28 bits per heavy atom. The smallest absolute Gasteiger partial charge is 0.186 e. The molecular weight excluding hydrogens is 376 g/mol. The van der Waals surface area contributed by atoms with E-state index in [9.17, 15) is 20.4 Å². The van der Waals surface area contributed by atoms with Gasteiger partial charge in [0.05, 0.1) is 19.3 Å². The normalized spacial score (nSPS) is 28.6. The monoisotopic (exact) mass is 420 g/mol. The van der Waals surface area contributed by atoms with Crippen molar-refractivity contribution in [3.8, 4) is 0 Å². The predicted molar refractivity (Wildman–Crippen MR) is 111 cm³/mol. The third-order valence-electron chi connectivity index (χ3n) is 5.69. The lowest BCUT2D eigenvalue weighted by atomic mass is 9.99. The molecule has 1 saturated heterocycles. The molecule has 0 aliphatic carbocycles. The number of hydrogen-bond donors (Lipinski definition) is 5. The van der Waals surface area contributed by atoms with E-state index in [1.807, 2.05) is 0 Å². The van der Waals surface area contributed by atoms with Crippen LogP contribution in [0.2, 0.25) is 0 Å². The van der Waals surface area contributed by atoms with Gasteiger partial charge in [0.2, 0.25) is 0 Å². The van der Waals surface area contributed by atoms with Gasteiger partial charge < -0.3 is 35.0 Å². The van der Waals surface area contributed by atoms with Gasteiger partial charge in [-0.1, -0.05) is 84.0 Å². The molecule has 0 bridgehead atoms. The molecule has 1 heterocycles. The van der Waals surface area contributed by atoms with Crippen LogP contribution >= 0.6 is 0 Å². The zero-order chi connectivity index (χ0) is 21.5. The molecule has 1 aliphatic rings. The van der Waals surface area contributed by atoms with E-state index in [0.29, 0.717) is 6.42 Å². The summed E-state index contributed by atoms with van der Waals surface area (Å²) in [6.07, 6.45) is 8.60. The van der Waals surface area contributed by atoms with Crippen molar-refractivity contribution in [1.82, 2.24) is 0 Å². The second-order valence-corrected chi connectivity index (χ2v) is 8.36. The Labute approximate surface area is 176 Å². The molecule has 174 valence electrons. The number of aliphatic hydroxyl groups is 5. The third kappa shape index (κ3) is 11.1. The van der Waals surface area contributed by atoms with Gasteiger partial charge in [-0.05, 0) is 6.42 Å². The van der Waals surface area contributed by atoms with E-state index in [2.05, 4.69) is 6.92 Å². The summed E-state index contributed by atoms with van der Waals surface area (Å²) in [5.74, 6) is 0. The highest BCUT2D eigenvalue weighted by atomic mass is 16.7. The van der Waals surface area contributed by atoms with Crippen molar-refractivity contribution in [1.29, 1.82) is 0 Å². The van der Waals surface area contributed by atoms with Crippen LogP contribution in [0.1, 0.15) is 90.4 Å². The number of hydrogen-bond acceptors (Lipinski definition) is 7. The zero-order valence-electron chi connectivity index (χ0n) is 18.1.